The number of amides is 1. The minimum absolute atomic E-state index is 0. The van der Waals surface area contributed by atoms with Gasteiger partial charge in [0.25, 0.3) is 0 Å². The second kappa shape index (κ2) is 9.00. The standard InChI is InChI=1S/C15H22N2O3.ClH/c1-11-2-4-12(5-3-11)14(18)10-17-15(19)8-13-9-16-6-7-20-13;/h2-5,13-14,16,18H,6-10H2,1H3,(H,17,19);1H. The minimum Gasteiger partial charge on any atom is -0.387 e. The summed E-state index contributed by atoms with van der Waals surface area (Å²) in [5.74, 6) is -0.0927. The molecule has 2 unspecified atom stereocenters. The van der Waals surface area contributed by atoms with E-state index >= 15 is 0 Å². The number of rotatable bonds is 5. The van der Waals surface area contributed by atoms with E-state index in [0.29, 0.717) is 19.6 Å². The van der Waals surface area contributed by atoms with Crippen molar-refractivity contribution in [1.29, 1.82) is 0 Å². The zero-order chi connectivity index (χ0) is 14.4. The summed E-state index contributed by atoms with van der Waals surface area (Å²) in [6, 6.07) is 7.64. The quantitative estimate of drug-likeness (QED) is 0.756. The predicted octanol–water partition coefficient (Wildman–Crippen LogP) is 0.945. The van der Waals surface area contributed by atoms with Gasteiger partial charge in [0.15, 0.2) is 0 Å². The van der Waals surface area contributed by atoms with Crippen LogP contribution in [0.25, 0.3) is 0 Å². The van der Waals surface area contributed by atoms with Crippen LogP contribution in [-0.4, -0.2) is 43.4 Å². The van der Waals surface area contributed by atoms with Gasteiger partial charge in [-0.15, -0.1) is 12.4 Å². The summed E-state index contributed by atoms with van der Waals surface area (Å²) in [6.45, 7) is 4.40. The summed E-state index contributed by atoms with van der Waals surface area (Å²) in [5.41, 5.74) is 1.96. The maximum Gasteiger partial charge on any atom is 0.222 e. The number of aryl methyl sites for hydroxylation is 1. The van der Waals surface area contributed by atoms with Crippen LogP contribution in [0.5, 0.6) is 0 Å². The van der Waals surface area contributed by atoms with Gasteiger partial charge in [-0.25, -0.2) is 0 Å². The van der Waals surface area contributed by atoms with Crippen LogP contribution in [0.1, 0.15) is 23.7 Å². The maximum absolute atomic E-state index is 11.8. The molecule has 1 aliphatic heterocycles. The first-order valence-corrected chi connectivity index (χ1v) is 6.99. The number of carbonyl (C=O) groups is 1. The molecule has 1 fully saturated rings. The van der Waals surface area contributed by atoms with Gasteiger partial charge in [-0.3, -0.25) is 4.79 Å². The molecule has 0 bridgehead atoms. The van der Waals surface area contributed by atoms with Gasteiger partial charge < -0.3 is 20.5 Å². The normalized spacial score (nSPS) is 19.4. The number of nitrogens with one attached hydrogen (secondary N) is 2. The number of benzene rings is 1. The highest BCUT2D eigenvalue weighted by atomic mass is 35.5. The molecule has 1 heterocycles. The minimum atomic E-state index is -0.676. The topological polar surface area (TPSA) is 70.6 Å². The van der Waals surface area contributed by atoms with E-state index < -0.39 is 6.10 Å². The molecule has 1 aliphatic rings. The molecule has 0 spiro atoms. The fourth-order valence-electron chi connectivity index (χ4n) is 2.15. The van der Waals surface area contributed by atoms with Gasteiger partial charge in [-0.1, -0.05) is 29.8 Å². The van der Waals surface area contributed by atoms with Gasteiger partial charge in [-0.05, 0) is 12.5 Å². The second-order valence-electron chi connectivity index (χ2n) is 5.13. The van der Waals surface area contributed by atoms with E-state index in [0.717, 1.165) is 17.7 Å². The first kappa shape index (κ1) is 17.9. The number of carbonyl (C=O) groups excluding carboxylic acids is 1. The largest absolute Gasteiger partial charge is 0.387 e. The zero-order valence-corrected chi connectivity index (χ0v) is 13.0. The molecule has 0 aromatic heterocycles. The molecule has 2 rings (SSSR count). The summed E-state index contributed by atoms with van der Waals surface area (Å²) in [4.78, 5) is 11.8. The third kappa shape index (κ3) is 6.01. The first-order chi connectivity index (χ1) is 9.65. The smallest absolute Gasteiger partial charge is 0.222 e. The Balaban J connectivity index is 0.00000220. The fourth-order valence-corrected chi connectivity index (χ4v) is 2.15. The zero-order valence-electron chi connectivity index (χ0n) is 12.2. The lowest BCUT2D eigenvalue weighted by Gasteiger charge is -2.23. The molecule has 118 valence electrons. The van der Waals surface area contributed by atoms with Crippen LogP contribution in [-0.2, 0) is 9.53 Å². The lowest BCUT2D eigenvalue weighted by molar-refractivity contribution is -0.124. The Morgan fingerprint density at radius 1 is 1.48 bits per heavy atom. The van der Waals surface area contributed by atoms with Crippen molar-refractivity contribution >= 4 is 18.3 Å². The van der Waals surface area contributed by atoms with E-state index in [2.05, 4.69) is 10.6 Å². The van der Waals surface area contributed by atoms with Crippen LogP contribution in [0.2, 0.25) is 0 Å². The molecule has 0 aliphatic carbocycles. The van der Waals surface area contributed by atoms with Gasteiger partial charge in [0, 0.05) is 19.6 Å². The molecule has 0 saturated carbocycles. The lowest BCUT2D eigenvalue weighted by atomic mass is 10.1. The monoisotopic (exact) mass is 314 g/mol. The van der Waals surface area contributed by atoms with Crippen molar-refractivity contribution in [3.8, 4) is 0 Å². The SMILES string of the molecule is Cc1ccc(C(O)CNC(=O)CC2CNCCO2)cc1.Cl. The third-order valence-electron chi connectivity index (χ3n) is 3.37. The number of ether oxygens (including phenoxy) is 1. The van der Waals surface area contributed by atoms with Crippen molar-refractivity contribution in [3.05, 3.63) is 35.4 Å². The van der Waals surface area contributed by atoms with Crippen LogP contribution < -0.4 is 10.6 Å². The first-order valence-electron chi connectivity index (χ1n) is 6.99. The molecular weight excluding hydrogens is 292 g/mol. The van der Waals surface area contributed by atoms with E-state index in [9.17, 15) is 9.90 Å². The van der Waals surface area contributed by atoms with Crippen LogP contribution in [0.15, 0.2) is 24.3 Å². The van der Waals surface area contributed by atoms with Gasteiger partial charge >= 0.3 is 0 Å². The maximum atomic E-state index is 11.8. The Morgan fingerprint density at radius 2 is 2.19 bits per heavy atom. The molecule has 1 aromatic rings. The Labute approximate surface area is 131 Å². The van der Waals surface area contributed by atoms with E-state index in [4.69, 9.17) is 4.74 Å². The Hall–Kier alpha value is -1.14. The number of halogens is 1. The van der Waals surface area contributed by atoms with E-state index in [1.54, 1.807) is 0 Å². The van der Waals surface area contributed by atoms with Crippen molar-refractivity contribution in [2.75, 3.05) is 26.2 Å². The molecule has 5 nitrogen and oxygen atoms in total. The summed E-state index contributed by atoms with van der Waals surface area (Å²) in [7, 11) is 0. The van der Waals surface area contributed by atoms with E-state index in [-0.39, 0.29) is 31.0 Å². The molecule has 6 heteroatoms. The van der Waals surface area contributed by atoms with Crippen molar-refractivity contribution in [2.45, 2.75) is 25.6 Å². The van der Waals surface area contributed by atoms with Crippen molar-refractivity contribution in [2.24, 2.45) is 0 Å². The highest BCUT2D eigenvalue weighted by Crippen LogP contribution is 2.12. The van der Waals surface area contributed by atoms with Crippen molar-refractivity contribution < 1.29 is 14.6 Å². The summed E-state index contributed by atoms with van der Waals surface area (Å²) in [5, 5.41) is 15.9. The Morgan fingerprint density at radius 3 is 2.81 bits per heavy atom. The van der Waals surface area contributed by atoms with Crippen LogP contribution in [0, 0.1) is 6.92 Å². The van der Waals surface area contributed by atoms with Gasteiger partial charge in [0.2, 0.25) is 5.91 Å². The van der Waals surface area contributed by atoms with E-state index in [1.807, 2.05) is 31.2 Å². The van der Waals surface area contributed by atoms with Gasteiger partial charge in [-0.2, -0.15) is 0 Å². The molecular formula is C15H23ClN2O3. The number of hydrogen-bond acceptors (Lipinski definition) is 4. The molecule has 21 heavy (non-hydrogen) atoms. The van der Waals surface area contributed by atoms with Crippen LogP contribution >= 0.6 is 12.4 Å². The fraction of sp³-hybridized carbons (Fsp3) is 0.533. The average Bonchev–Trinajstić information content (AvgIpc) is 2.46. The number of aliphatic hydroxyl groups excluding tert-OH is 1. The summed E-state index contributed by atoms with van der Waals surface area (Å²) in [6.07, 6.45) is -0.418. The van der Waals surface area contributed by atoms with Crippen LogP contribution in [0.3, 0.4) is 0 Å². The lowest BCUT2D eigenvalue weighted by Crippen LogP contribution is -2.41. The van der Waals surface area contributed by atoms with E-state index in [1.165, 1.54) is 0 Å². The second-order valence-corrected chi connectivity index (χ2v) is 5.13. The van der Waals surface area contributed by atoms with Gasteiger partial charge in [0.1, 0.15) is 0 Å². The van der Waals surface area contributed by atoms with Gasteiger partial charge in [0.05, 0.1) is 25.2 Å². The van der Waals surface area contributed by atoms with Crippen LogP contribution in [0.4, 0.5) is 0 Å². The highest BCUT2D eigenvalue weighted by molar-refractivity contribution is 5.85. The number of hydrogen-bond donors (Lipinski definition) is 3. The average molecular weight is 315 g/mol. The molecule has 1 saturated heterocycles. The highest BCUT2D eigenvalue weighted by Gasteiger charge is 2.18. The van der Waals surface area contributed by atoms with Crippen molar-refractivity contribution in [1.82, 2.24) is 10.6 Å². The summed E-state index contributed by atoms with van der Waals surface area (Å²) >= 11 is 0. The number of aliphatic hydroxyl groups is 1. The predicted molar refractivity (Wildman–Crippen MR) is 83.6 cm³/mol. The molecule has 0 radical (unpaired) electrons. The molecule has 1 aromatic carbocycles. The molecule has 1 amide bonds. The number of morpholine rings is 1. The molecule has 2 atom stereocenters. The Bertz CT molecular complexity index is 433. The third-order valence-corrected chi connectivity index (χ3v) is 3.37. The Kier molecular flexibility index (Phi) is 7.67. The van der Waals surface area contributed by atoms with Crippen molar-refractivity contribution in [3.63, 3.8) is 0 Å². The summed E-state index contributed by atoms with van der Waals surface area (Å²) < 4.78 is 5.47. The molecule has 3 N–H and O–H groups in total.